The zero-order valence-electron chi connectivity index (χ0n) is 14.5. The van der Waals surface area contributed by atoms with Gasteiger partial charge in [-0.25, -0.2) is 0 Å². The average molecular weight is 352 g/mol. The van der Waals surface area contributed by atoms with E-state index >= 15 is 0 Å². The van der Waals surface area contributed by atoms with Crippen molar-refractivity contribution in [2.24, 2.45) is 0 Å². The maximum atomic E-state index is 12.3. The first-order valence-corrected chi connectivity index (χ1v) is 8.44. The van der Waals surface area contributed by atoms with Crippen molar-refractivity contribution >= 4 is 17.6 Å². The number of fused-ring (bicyclic) bond motifs is 1. The number of benzene rings is 2. The molecular formula is C20H20N2O4. The Labute approximate surface area is 151 Å². The Morgan fingerprint density at radius 2 is 1.85 bits per heavy atom. The van der Waals surface area contributed by atoms with Gasteiger partial charge in [0.2, 0.25) is 5.91 Å². The molecule has 2 amide bonds. The van der Waals surface area contributed by atoms with Crippen molar-refractivity contribution in [1.82, 2.24) is 10.6 Å². The lowest BCUT2D eigenvalue weighted by atomic mass is 10.1. The number of nitrogens with one attached hydrogen (secondary N) is 2. The van der Waals surface area contributed by atoms with Crippen LogP contribution in [0.1, 0.15) is 33.9 Å². The quantitative estimate of drug-likeness (QED) is 0.830. The van der Waals surface area contributed by atoms with Crippen molar-refractivity contribution < 1.29 is 19.1 Å². The highest BCUT2D eigenvalue weighted by Crippen LogP contribution is 2.30. The maximum absolute atomic E-state index is 12.3. The molecular weight excluding hydrogens is 332 g/mol. The van der Waals surface area contributed by atoms with E-state index in [1.54, 1.807) is 42.5 Å². The summed E-state index contributed by atoms with van der Waals surface area (Å²) in [6.45, 7) is -0.231. The van der Waals surface area contributed by atoms with Gasteiger partial charge in [0.05, 0.1) is 0 Å². The number of ketones is 1. The van der Waals surface area contributed by atoms with Crippen LogP contribution in [-0.4, -0.2) is 31.3 Å². The van der Waals surface area contributed by atoms with E-state index in [2.05, 4.69) is 10.6 Å². The molecule has 0 aliphatic heterocycles. The molecule has 134 valence electrons. The topological polar surface area (TPSA) is 84.5 Å². The summed E-state index contributed by atoms with van der Waals surface area (Å²) >= 11 is 0. The molecule has 26 heavy (non-hydrogen) atoms. The van der Waals surface area contributed by atoms with Crippen molar-refractivity contribution in [2.45, 2.75) is 18.9 Å². The van der Waals surface area contributed by atoms with Crippen LogP contribution in [0.2, 0.25) is 0 Å². The molecule has 1 atom stereocenters. The Hall–Kier alpha value is -3.15. The van der Waals surface area contributed by atoms with Gasteiger partial charge in [-0.15, -0.1) is 0 Å². The van der Waals surface area contributed by atoms with Crippen molar-refractivity contribution in [2.75, 3.05) is 13.7 Å². The molecule has 0 saturated carbocycles. The van der Waals surface area contributed by atoms with E-state index in [0.29, 0.717) is 29.7 Å². The summed E-state index contributed by atoms with van der Waals surface area (Å²) in [7, 11) is 1.52. The second-order valence-corrected chi connectivity index (χ2v) is 6.02. The van der Waals surface area contributed by atoms with E-state index in [1.165, 1.54) is 7.05 Å². The summed E-state index contributed by atoms with van der Waals surface area (Å²) < 4.78 is 5.61. The fourth-order valence-corrected chi connectivity index (χ4v) is 3.03. The Bertz CT molecular complexity index is 833. The standard InChI is InChI=1S/C20H20N2O4/c1-21-20(25)19(13-6-3-2-4-7-13)22-18(24)12-26-17-9-5-8-14-15(17)10-11-16(14)23/h2-9,19H,10-12H2,1H3,(H,21,25)(H,22,24). The van der Waals surface area contributed by atoms with Crippen LogP contribution in [0.15, 0.2) is 48.5 Å². The third kappa shape index (κ3) is 3.74. The number of carbonyl (C=O) groups excluding carboxylic acids is 3. The Morgan fingerprint density at radius 3 is 2.58 bits per heavy atom. The summed E-state index contributed by atoms with van der Waals surface area (Å²) in [5.74, 6) is -0.0847. The van der Waals surface area contributed by atoms with Crippen LogP contribution in [0.5, 0.6) is 5.75 Å². The Balaban J connectivity index is 1.67. The number of rotatable bonds is 6. The number of likely N-dealkylation sites (N-methyl/N-ethyl adjacent to an activating group) is 1. The number of hydrogen-bond donors (Lipinski definition) is 2. The minimum absolute atomic E-state index is 0.0960. The second-order valence-electron chi connectivity index (χ2n) is 6.02. The summed E-state index contributed by atoms with van der Waals surface area (Å²) in [5, 5.41) is 5.24. The monoisotopic (exact) mass is 352 g/mol. The van der Waals surface area contributed by atoms with Crippen LogP contribution >= 0.6 is 0 Å². The number of hydrogen-bond acceptors (Lipinski definition) is 4. The average Bonchev–Trinajstić information content (AvgIpc) is 3.06. The van der Waals surface area contributed by atoms with Gasteiger partial charge in [0.25, 0.3) is 5.91 Å². The maximum Gasteiger partial charge on any atom is 0.258 e. The van der Waals surface area contributed by atoms with Crippen molar-refractivity contribution in [3.8, 4) is 5.75 Å². The van der Waals surface area contributed by atoms with E-state index in [4.69, 9.17) is 4.74 Å². The second kappa shape index (κ2) is 7.82. The van der Waals surface area contributed by atoms with Crippen LogP contribution in [0.4, 0.5) is 0 Å². The van der Waals surface area contributed by atoms with Gasteiger partial charge in [0, 0.05) is 24.6 Å². The molecule has 1 unspecified atom stereocenters. The van der Waals surface area contributed by atoms with Crippen molar-refractivity contribution in [1.29, 1.82) is 0 Å². The molecule has 2 N–H and O–H groups in total. The fourth-order valence-electron chi connectivity index (χ4n) is 3.03. The molecule has 0 heterocycles. The van der Waals surface area contributed by atoms with E-state index in [0.717, 1.165) is 5.56 Å². The van der Waals surface area contributed by atoms with Gasteiger partial charge in [-0.05, 0) is 18.1 Å². The van der Waals surface area contributed by atoms with E-state index in [9.17, 15) is 14.4 Å². The largest absolute Gasteiger partial charge is 0.483 e. The number of ether oxygens (including phenoxy) is 1. The van der Waals surface area contributed by atoms with Gasteiger partial charge in [-0.2, -0.15) is 0 Å². The summed E-state index contributed by atoms with van der Waals surface area (Å²) in [5.41, 5.74) is 2.19. The van der Waals surface area contributed by atoms with Crippen LogP contribution in [0, 0.1) is 0 Å². The summed E-state index contributed by atoms with van der Waals surface area (Å²) in [6.07, 6.45) is 1.09. The van der Waals surface area contributed by atoms with Gasteiger partial charge >= 0.3 is 0 Å². The van der Waals surface area contributed by atoms with Gasteiger partial charge in [0.1, 0.15) is 11.8 Å². The normalized spacial score (nSPS) is 13.7. The first-order chi connectivity index (χ1) is 12.6. The zero-order valence-corrected chi connectivity index (χ0v) is 14.5. The lowest BCUT2D eigenvalue weighted by Gasteiger charge is -2.18. The highest BCUT2D eigenvalue weighted by molar-refractivity contribution is 6.01. The summed E-state index contributed by atoms with van der Waals surface area (Å²) in [6, 6.07) is 13.5. The van der Waals surface area contributed by atoms with Gasteiger partial charge < -0.3 is 15.4 Å². The van der Waals surface area contributed by atoms with Crippen LogP contribution in [0.25, 0.3) is 0 Å². The molecule has 6 nitrogen and oxygen atoms in total. The van der Waals surface area contributed by atoms with Crippen LogP contribution in [-0.2, 0) is 16.0 Å². The molecule has 1 aliphatic rings. The van der Waals surface area contributed by atoms with Crippen molar-refractivity contribution in [3.05, 3.63) is 65.2 Å². The molecule has 2 aromatic carbocycles. The molecule has 0 spiro atoms. The molecule has 0 bridgehead atoms. The number of carbonyl (C=O) groups is 3. The molecule has 0 fully saturated rings. The van der Waals surface area contributed by atoms with E-state index in [1.807, 2.05) is 6.07 Å². The Kier molecular flexibility index (Phi) is 5.31. The Morgan fingerprint density at radius 1 is 1.08 bits per heavy atom. The molecule has 3 rings (SSSR count). The van der Waals surface area contributed by atoms with Crippen LogP contribution in [0.3, 0.4) is 0 Å². The minimum atomic E-state index is -0.791. The summed E-state index contributed by atoms with van der Waals surface area (Å²) in [4.78, 5) is 36.2. The van der Waals surface area contributed by atoms with Gasteiger partial charge in [0.15, 0.2) is 12.4 Å². The molecule has 0 radical (unpaired) electrons. The highest BCUT2D eigenvalue weighted by atomic mass is 16.5. The first-order valence-electron chi connectivity index (χ1n) is 8.44. The fraction of sp³-hybridized carbons (Fsp3) is 0.250. The molecule has 2 aromatic rings. The van der Waals surface area contributed by atoms with E-state index < -0.39 is 11.9 Å². The zero-order chi connectivity index (χ0) is 18.5. The highest BCUT2D eigenvalue weighted by Gasteiger charge is 2.24. The number of Topliss-reactive ketones (excluding diaryl/α,β-unsaturated/α-hetero) is 1. The minimum Gasteiger partial charge on any atom is -0.483 e. The molecule has 6 heteroatoms. The lowest BCUT2D eigenvalue weighted by Crippen LogP contribution is -2.41. The van der Waals surface area contributed by atoms with Crippen molar-refractivity contribution in [3.63, 3.8) is 0 Å². The smallest absolute Gasteiger partial charge is 0.258 e. The van der Waals surface area contributed by atoms with Gasteiger partial charge in [-0.3, -0.25) is 14.4 Å². The predicted molar refractivity (Wildman–Crippen MR) is 96.0 cm³/mol. The van der Waals surface area contributed by atoms with E-state index in [-0.39, 0.29) is 18.3 Å². The van der Waals surface area contributed by atoms with Gasteiger partial charge in [-0.1, -0.05) is 42.5 Å². The first kappa shape index (κ1) is 17.7. The SMILES string of the molecule is CNC(=O)C(NC(=O)COc1cccc2c1CCC2=O)c1ccccc1. The number of amides is 2. The molecule has 0 saturated heterocycles. The molecule has 1 aliphatic carbocycles. The predicted octanol–water partition coefficient (Wildman–Crippen LogP) is 1.80. The lowest BCUT2D eigenvalue weighted by molar-refractivity contribution is -0.129. The third-order valence-electron chi connectivity index (χ3n) is 4.34. The molecule has 0 aromatic heterocycles. The third-order valence-corrected chi connectivity index (χ3v) is 4.34. The van der Waals surface area contributed by atoms with Crippen LogP contribution < -0.4 is 15.4 Å².